The van der Waals surface area contributed by atoms with Crippen molar-refractivity contribution >= 4 is 16.8 Å². The van der Waals surface area contributed by atoms with Crippen LogP contribution in [0.5, 0.6) is 5.75 Å². The fraction of sp³-hybridized carbons (Fsp3) is 0.211. The zero-order valence-electron chi connectivity index (χ0n) is 13.5. The van der Waals surface area contributed by atoms with Gasteiger partial charge in [0.2, 0.25) is 0 Å². The minimum atomic E-state index is -0.147. The van der Waals surface area contributed by atoms with Crippen LogP contribution in [0.2, 0.25) is 0 Å². The number of para-hydroxylation sites is 2. The van der Waals surface area contributed by atoms with Crippen LogP contribution >= 0.6 is 0 Å². The van der Waals surface area contributed by atoms with Gasteiger partial charge in [-0.15, -0.1) is 0 Å². The number of fused-ring (bicyclic) bond motifs is 1. The quantitative estimate of drug-likeness (QED) is 0.733. The number of aromatic amines is 1. The summed E-state index contributed by atoms with van der Waals surface area (Å²) in [6.45, 7) is 0.534. The van der Waals surface area contributed by atoms with Gasteiger partial charge >= 0.3 is 0 Å². The second-order valence-corrected chi connectivity index (χ2v) is 5.53. The Morgan fingerprint density at radius 3 is 2.67 bits per heavy atom. The summed E-state index contributed by atoms with van der Waals surface area (Å²) in [5.41, 5.74) is 2.33. The average Bonchev–Trinajstić information content (AvgIpc) is 3.05. The Morgan fingerprint density at radius 2 is 1.92 bits per heavy atom. The number of nitrogens with zero attached hydrogens (tertiary/aromatic N) is 1. The smallest absolute Gasteiger partial charge is 0.270 e. The highest BCUT2D eigenvalue weighted by Crippen LogP contribution is 2.21. The van der Waals surface area contributed by atoms with Crippen LogP contribution in [0.15, 0.2) is 54.6 Å². The number of rotatable bonds is 6. The molecule has 1 heterocycles. The number of amides is 1. The molecule has 0 spiro atoms. The maximum Gasteiger partial charge on any atom is 0.270 e. The molecule has 0 aliphatic heterocycles. The summed E-state index contributed by atoms with van der Waals surface area (Å²) in [6, 6.07) is 17.2. The highest BCUT2D eigenvalue weighted by atomic mass is 16.5. The Kier molecular flexibility index (Phi) is 4.82. The van der Waals surface area contributed by atoms with Gasteiger partial charge in [0, 0.05) is 29.6 Å². The lowest BCUT2D eigenvalue weighted by atomic mass is 10.1. The van der Waals surface area contributed by atoms with Gasteiger partial charge in [-0.3, -0.25) is 4.79 Å². The number of aliphatic hydroxyl groups is 1. The second-order valence-electron chi connectivity index (χ2n) is 5.53. The summed E-state index contributed by atoms with van der Waals surface area (Å²) >= 11 is 0. The first-order valence-corrected chi connectivity index (χ1v) is 7.82. The van der Waals surface area contributed by atoms with Gasteiger partial charge in [0.1, 0.15) is 11.4 Å². The molecule has 0 saturated heterocycles. The Balaban J connectivity index is 1.88. The van der Waals surface area contributed by atoms with Crippen LogP contribution in [0.3, 0.4) is 0 Å². The number of benzene rings is 2. The molecular weight excluding hydrogens is 304 g/mol. The van der Waals surface area contributed by atoms with E-state index in [1.807, 2.05) is 54.6 Å². The molecule has 1 amide bonds. The molecule has 1 aromatic heterocycles. The van der Waals surface area contributed by atoms with Crippen molar-refractivity contribution in [1.29, 1.82) is 0 Å². The zero-order valence-corrected chi connectivity index (χ0v) is 13.5. The summed E-state index contributed by atoms with van der Waals surface area (Å²) in [5.74, 6) is 0.580. The number of ether oxygens (including phenoxy) is 1. The van der Waals surface area contributed by atoms with E-state index in [1.165, 1.54) is 0 Å². The number of nitrogens with one attached hydrogen (secondary N) is 1. The van der Waals surface area contributed by atoms with Crippen LogP contribution < -0.4 is 4.74 Å². The number of methoxy groups -OCH3 is 1. The van der Waals surface area contributed by atoms with Crippen molar-refractivity contribution in [3.63, 3.8) is 0 Å². The van der Waals surface area contributed by atoms with E-state index in [0.717, 1.165) is 22.2 Å². The van der Waals surface area contributed by atoms with Crippen molar-refractivity contribution in [2.24, 2.45) is 0 Å². The van der Waals surface area contributed by atoms with E-state index in [-0.39, 0.29) is 19.1 Å². The lowest BCUT2D eigenvalue weighted by Crippen LogP contribution is -2.33. The zero-order chi connectivity index (χ0) is 16.9. The monoisotopic (exact) mass is 324 g/mol. The highest BCUT2D eigenvalue weighted by molar-refractivity contribution is 5.98. The Labute approximate surface area is 140 Å². The molecule has 2 N–H and O–H groups in total. The fourth-order valence-corrected chi connectivity index (χ4v) is 2.77. The van der Waals surface area contributed by atoms with Crippen molar-refractivity contribution in [2.45, 2.75) is 6.54 Å². The average molecular weight is 324 g/mol. The second kappa shape index (κ2) is 7.19. The van der Waals surface area contributed by atoms with Gasteiger partial charge in [0.25, 0.3) is 5.91 Å². The number of aromatic nitrogens is 1. The molecule has 3 aromatic rings. The van der Waals surface area contributed by atoms with Crippen LogP contribution in [-0.4, -0.2) is 41.2 Å². The first-order valence-electron chi connectivity index (χ1n) is 7.82. The molecule has 0 aliphatic rings. The van der Waals surface area contributed by atoms with Gasteiger partial charge in [-0.05, 0) is 18.2 Å². The molecule has 124 valence electrons. The number of carbonyl (C=O) groups excluding carboxylic acids is 1. The Morgan fingerprint density at radius 1 is 1.17 bits per heavy atom. The van der Waals surface area contributed by atoms with Crippen molar-refractivity contribution in [3.8, 4) is 5.75 Å². The standard InChI is InChI=1S/C19H20N2O3/c1-24-18-9-5-3-7-15(18)13-21(10-11-22)19(23)17-12-14-6-2-4-8-16(14)20-17/h2-9,12,20,22H,10-11,13H2,1H3. The number of hydrogen-bond donors (Lipinski definition) is 2. The van der Waals surface area contributed by atoms with E-state index < -0.39 is 0 Å². The largest absolute Gasteiger partial charge is 0.496 e. The predicted octanol–water partition coefficient (Wildman–Crippen LogP) is 2.81. The van der Waals surface area contributed by atoms with Crippen molar-refractivity contribution in [2.75, 3.05) is 20.3 Å². The molecule has 0 aliphatic carbocycles. The van der Waals surface area contributed by atoms with Crippen LogP contribution in [-0.2, 0) is 6.54 Å². The van der Waals surface area contributed by atoms with E-state index in [1.54, 1.807) is 12.0 Å². The Bertz CT molecular complexity index is 808. The van der Waals surface area contributed by atoms with E-state index >= 15 is 0 Å². The van der Waals surface area contributed by atoms with E-state index in [4.69, 9.17) is 4.74 Å². The van der Waals surface area contributed by atoms with Gasteiger partial charge in [-0.2, -0.15) is 0 Å². The molecule has 0 bridgehead atoms. The first-order chi connectivity index (χ1) is 11.7. The topological polar surface area (TPSA) is 65.6 Å². The molecule has 0 unspecified atom stereocenters. The highest BCUT2D eigenvalue weighted by Gasteiger charge is 2.19. The molecule has 3 rings (SSSR count). The predicted molar refractivity (Wildman–Crippen MR) is 93.1 cm³/mol. The summed E-state index contributed by atoms with van der Waals surface area (Å²) < 4.78 is 5.35. The van der Waals surface area contributed by atoms with Gasteiger partial charge in [0.05, 0.1) is 13.7 Å². The third-order valence-electron chi connectivity index (χ3n) is 3.97. The minimum absolute atomic E-state index is 0.0961. The SMILES string of the molecule is COc1ccccc1CN(CCO)C(=O)c1cc2ccccc2[nH]1. The molecule has 2 aromatic carbocycles. The van der Waals surface area contributed by atoms with Crippen LogP contribution in [0.25, 0.3) is 10.9 Å². The number of aliphatic hydroxyl groups excluding tert-OH is 1. The summed E-state index contributed by atoms with van der Waals surface area (Å²) in [6.07, 6.45) is 0. The van der Waals surface area contributed by atoms with Crippen LogP contribution in [0.4, 0.5) is 0 Å². The summed E-state index contributed by atoms with van der Waals surface area (Å²) in [4.78, 5) is 17.6. The number of carbonyl (C=O) groups is 1. The fourth-order valence-electron chi connectivity index (χ4n) is 2.77. The van der Waals surface area contributed by atoms with Gasteiger partial charge in [-0.25, -0.2) is 0 Å². The molecular formula is C19H20N2O3. The number of hydrogen-bond acceptors (Lipinski definition) is 3. The van der Waals surface area contributed by atoms with Crippen molar-refractivity contribution in [3.05, 3.63) is 65.9 Å². The summed E-state index contributed by atoms with van der Waals surface area (Å²) in [5, 5.41) is 10.3. The maximum absolute atomic E-state index is 12.9. The van der Waals surface area contributed by atoms with Crippen LogP contribution in [0.1, 0.15) is 16.1 Å². The lowest BCUT2D eigenvalue weighted by molar-refractivity contribution is 0.0701. The first kappa shape index (κ1) is 16.1. The van der Waals surface area contributed by atoms with Crippen LogP contribution in [0, 0.1) is 0 Å². The Hall–Kier alpha value is -2.79. The summed E-state index contributed by atoms with van der Waals surface area (Å²) in [7, 11) is 1.61. The van der Waals surface area contributed by atoms with Gasteiger partial charge in [0.15, 0.2) is 0 Å². The molecule has 0 fully saturated rings. The van der Waals surface area contributed by atoms with Gasteiger partial charge < -0.3 is 19.7 Å². The van der Waals surface area contributed by atoms with Crippen molar-refractivity contribution in [1.82, 2.24) is 9.88 Å². The van der Waals surface area contributed by atoms with Crippen molar-refractivity contribution < 1.29 is 14.6 Å². The molecule has 0 atom stereocenters. The molecule has 5 heteroatoms. The number of H-pyrrole nitrogens is 1. The lowest BCUT2D eigenvalue weighted by Gasteiger charge is -2.22. The third kappa shape index (κ3) is 3.26. The molecule has 24 heavy (non-hydrogen) atoms. The normalized spacial score (nSPS) is 10.8. The molecule has 0 saturated carbocycles. The van der Waals surface area contributed by atoms with E-state index in [9.17, 15) is 9.90 Å². The van der Waals surface area contributed by atoms with Gasteiger partial charge in [-0.1, -0.05) is 36.4 Å². The minimum Gasteiger partial charge on any atom is -0.496 e. The maximum atomic E-state index is 12.9. The molecule has 5 nitrogen and oxygen atoms in total. The van der Waals surface area contributed by atoms with E-state index in [2.05, 4.69) is 4.98 Å². The molecule has 0 radical (unpaired) electrons. The van der Waals surface area contributed by atoms with E-state index in [0.29, 0.717) is 12.2 Å². The third-order valence-corrected chi connectivity index (χ3v) is 3.97.